The van der Waals surface area contributed by atoms with Crippen molar-refractivity contribution in [3.05, 3.63) is 47.8 Å². The fourth-order valence-electron chi connectivity index (χ4n) is 2.21. The van der Waals surface area contributed by atoms with Crippen LogP contribution in [0.15, 0.2) is 36.4 Å². The Balaban J connectivity index is 1.62. The summed E-state index contributed by atoms with van der Waals surface area (Å²) in [6, 6.07) is 10.9. The predicted molar refractivity (Wildman–Crippen MR) is 87.8 cm³/mol. The topological polar surface area (TPSA) is 101 Å². The zero-order chi connectivity index (χ0) is 16.9. The Morgan fingerprint density at radius 2 is 2.12 bits per heavy atom. The van der Waals surface area contributed by atoms with Gasteiger partial charge in [-0.2, -0.15) is 9.90 Å². The van der Waals surface area contributed by atoms with Crippen molar-refractivity contribution < 1.29 is 4.79 Å². The number of aryl methyl sites for hydroxylation is 1. The van der Waals surface area contributed by atoms with Crippen LogP contribution in [-0.4, -0.2) is 36.3 Å². The van der Waals surface area contributed by atoms with Crippen molar-refractivity contribution in [1.82, 2.24) is 35.7 Å². The number of aromatic amines is 1. The third kappa shape index (κ3) is 3.48. The number of benzene rings is 1. The van der Waals surface area contributed by atoms with Crippen molar-refractivity contribution in [2.75, 3.05) is 0 Å². The highest BCUT2D eigenvalue weighted by molar-refractivity contribution is 5.79. The van der Waals surface area contributed by atoms with Crippen LogP contribution in [0.25, 0.3) is 11.4 Å². The molecule has 24 heavy (non-hydrogen) atoms. The lowest BCUT2D eigenvalue weighted by atomic mass is 10.2. The molecule has 8 heteroatoms. The molecule has 2 N–H and O–H groups in total. The van der Waals surface area contributed by atoms with Gasteiger partial charge in [-0.25, -0.2) is 0 Å². The van der Waals surface area contributed by atoms with Crippen LogP contribution in [0.2, 0.25) is 0 Å². The largest absolute Gasteiger partial charge is 0.349 e. The second-order valence-electron chi connectivity index (χ2n) is 5.43. The van der Waals surface area contributed by atoms with Crippen LogP contribution in [0, 0.1) is 0 Å². The number of nitrogens with zero attached hydrogens (tertiary/aromatic N) is 5. The molecular weight excluding hydrogens is 306 g/mol. The standard InChI is InChI=1S/C16H19N7O/c1-3-13-9-14(19-18-13)10-17-16(24)11(2)23-21-15(20-22-23)12-7-5-4-6-8-12/h4-9,11H,3,10H2,1-2H3,(H,17,24)(H,18,19)/t11-/m0/s1. The molecule has 8 nitrogen and oxygen atoms in total. The number of tetrazole rings is 1. The molecule has 0 radical (unpaired) electrons. The van der Waals surface area contributed by atoms with Gasteiger partial charge in [-0.15, -0.1) is 10.2 Å². The third-order valence-electron chi connectivity index (χ3n) is 3.69. The summed E-state index contributed by atoms with van der Waals surface area (Å²) in [4.78, 5) is 13.6. The van der Waals surface area contributed by atoms with Gasteiger partial charge in [0.25, 0.3) is 0 Å². The van der Waals surface area contributed by atoms with E-state index in [1.807, 2.05) is 43.3 Å². The van der Waals surface area contributed by atoms with E-state index in [1.54, 1.807) is 6.92 Å². The predicted octanol–water partition coefficient (Wildman–Crippen LogP) is 1.50. The summed E-state index contributed by atoms with van der Waals surface area (Å²) in [6.07, 6.45) is 0.853. The van der Waals surface area contributed by atoms with Crippen LogP contribution in [-0.2, 0) is 17.8 Å². The Morgan fingerprint density at radius 3 is 2.83 bits per heavy atom. The fraction of sp³-hybridized carbons (Fsp3) is 0.312. The van der Waals surface area contributed by atoms with E-state index in [9.17, 15) is 4.79 Å². The highest BCUT2D eigenvalue weighted by atomic mass is 16.2. The molecule has 0 spiro atoms. The molecular formula is C16H19N7O. The van der Waals surface area contributed by atoms with E-state index in [4.69, 9.17) is 0 Å². The minimum atomic E-state index is -0.552. The van der Waals surface area contributed by atoms with E-state index in [1.165, 1.54) is 4.80 Å². The Hall–Kier alpha value is -3.03. The molecule has 1 atom stereocenters. The minimum Gasteiger partial charge on any atom is -0.349 e. The van der Waals surface area contributed by atoms with Crippen LogP contribution < -0.4 is 5.32 Å². The van der Waals surface area contributed by atoms with Crippen LogP contribution in [0.3, 0.4) is 0 Å². The summed E-state index contributed by atoms with van der Waals surface area (Å²) in [5.74, 6) is 0.316. The molecule has 0 aliphatic rings. The summed E-state index contributed by atoms with van der Waals surface area (Å²) in [6.45, 7) is 4.15. The van der Waals surface area contributed by atoms with Crippen LogP contribution in [0.5, 0.6) is 0 Å². The lowest BCUT2D eigenvalue weighted by Gasteiger charge is -2.09. The lowest BCUT2D eigenvalue weighted by molar-refractivity contribution is -0.124. The van der Waals surface area contributed by atoms with Gasteiger partial charge in [0.05, 0.1) is 17.9 Å². The van der Waals surface area contributed by atoms with Gasteiger partial charge in [0.2, 0.25) is 11.7 Å². The van der Waals surface area contributed by atoms with Gasteiger partial charge in [-0.1, -0.05) is 37.3 Å². The van der Waals surface area contributed by atoms with Gasteiger partial charge >= 0.3 is 0 Å². The second-order valence-corrected chi connectivity index (χ2v) is 5.43. The second kappa shape index (κ2) is 7.03. The molecule has 3 rings (SSSR count). The summed E-state index contributed by atoms with van der Waals surface area (Å²) in [5, 5.41) is 22.2. The Bertz CT molecular complexity index is 809. The number of H-pyrrole nitrogens is 1. The summed E-state index contributed by atoms with van der Waals surface area (Å²) >= 11 is 0. The van der Waals surface area contributed by atoms with E-state index >= 15 is 0 Å². The summed E-state index contributed by atoms with van der Waals surface area (Å²) in [5.41, 5.74) is 2.70. The molecule has 2 heterocycles. The van der Waals surface area contributed by atoms with Gasteiger partial charge in [0.1, 0.15) is 6.04 Å². The van der Waals surface area contributed by atoms with E-state index in [2.05, 4.69) is 30.9 Å². The number of hydrogen-bond acceptors (Lipinski definition) is 5. The van der Waals surface area contributed by atoms with Crippen molar-refractivity contribution >= 4 is 5.91 Å². The maximum Gasteiger partial charge on any atom is 0.246 e. The maximum atomic E-state index is 12.3. The minimum absolute atomic E-state index is 0.181. The molecule has 0 saturated carbocycles. The lowest BCUT2D eigenvalue weighted by Crippen LogP contribution is -2.31. The molecule has 3 aromatic rings. The van der Waals surface area contributed by atoms with Gasteiger partial charge in [-0.3, -0.25) is 9.89 Å². The van der Waals surface area contributed by atoms with Crippen molar-refractivity contribution in [2.24, 2.45) is 0 Å². The first-order valence-electron chi connectivity index (χ1n) is 7.83. The number of hydrogen-bond donors (Lipinski definition) is 2. The molecule has 2 aromatic heterocycles. The van der Waals surface area contributed by atoms with Crippen molar-refractivity contribution in [3.8, 4) is 11.4 Å². The van der Waals surface area contributed by atoms with Gasteiger partial charge in [-0.05, 0) is 24.6 Å². The van der Waals surface area contributed by atoms with Gasteiger partial charge in [0.15, 0.2) is 0 Å². The van der Waals surface area contributed by atoms with E-state index in [-0.39, 0.29) is 5.91 Å². The van der Waals surface area contributed by atoms with Gasteiger partial charge < -0.3 is 5.32 Å². The van der Waals surface area contributed by atoms with Crippen molar-refractivity contribution in [3.63, 3.8) is 0 Å². The molecule has 0 fully saturated rings. The highest BCUT2D eigenvalue weighted by Gasteiger charge is 2.18. The number of nitrogens with one attached hydrogen (secondary N) is 2. The molecule has 124 valence electrons. The Kier molecular flexibility index (Phi) is 4.64. The normalized spacial score (nSPS) is 12.1. The molecule has 0 aliphatic carbocycles. The number of amides is 1. The van der Waals surface area contributed by atoms with Crippen LogP contribution in [0.4, 0.5) is 0 Å². The van der Waals surface area contributed by atoms with E-state index in [0.29, 0.717) is 12.4 Å². The molecule has 0 aliphatic heterocycles. The zero-order valence-electron chi connectivity index (χ0n) is 13.6. The summed E-state index contributed by atoms with van der Waals surface area (Å²) in [7, 11) is 0. The molecule has 1 aromatic carbocycles. The van der Waals surface area contributed by atoms with E-state index < -0.39 is 6.04 Å². The van der Waals surface area contributed by atoms with Gasteiger partial charge in [0, 0.05) is 5.56 Å². The number of carbonyl (C=O) groups excluding carboxylic acids is 1. The number of aromatic nitrogens is 6. The fourth-order valence-corrected chi connectivity index (χ4v) is 2.21. The quantitative estimate of drug-likeness (QED) is 0.715. The first kappa shape index (κ1) is 15.9. The Morgan fingerprint density at radius 1 is 1.33 bits per heavy atom. The van der Waals surface area contributed by atoms with Crippen molar-refractivity contribution in [1.29, 1.82) is 0 Å². The molecule has 0 unspecified atom stereocenters. The van der Waals surface area contributed by atoms with E-state index in [0.717, 1.165) is 23.4 Å². The summed E-state index contributed by atoms with van der Waals surface area (Å²) < 4.78 is 0. The smallest absolute Gasteiger partial charge is 0.246 e. The molecule has 0 saturated heterocycles. The monoisotopic (exact) mass is 325 g/mol. The third-order valence-corrected chi connectivity index (χ3v) is 3.69. The van der Waals surface area contributed by atoms with Crippen LogP contribution >= 0.6 is 0 Å². The molecule has 1 amide bonds. The highest BCUT2D eigenvalue weighted by Crippen LogP contribution is 2.13. The first-order chi connectivity index (χ1) is 11.7. The number of carbonyl (C=O) groups is 1. The number of rotatable bonds is 6. The molecule has 0 bridgehead atoms. The van der Waals surface area contributed by atoms with Crippen molar-refractivity contribution in [2.45, 2.75) is 32.9 Å². The maximum absolute atomic E-state index is 12.3. The first-order valence-corrected chi connectivity index (χ1v) is 7.83. The average Bonchev–Trinajstić information content (AvgIpc) is 3.29. The Labute approximate surface area is 139 Å². The SMILES string of the molecule is CCc1cc(CNC(=O)[C@H](C)n2nnc(-c3ccccc3)n2)[nH]n1. The van der Waals surface area contributed by atoms with Crippen LogP contribution in [0.1, 0.15) is 31.3 Å². The zero-order valence-corrected chi connectivity index (χ0v) is 13.6. The average molecular weight is 325 g/mol.